The molecule has 0 spiro atoms. The van der Waals surface area contributed by atoms with Gasteiger partial charge in [0.2, 0.25) is 0 Å². The molecule has 2 aromatic carbocycles. The summed E-state index contributed by atoms with van der Waals surface area (Å²) in [4.78, 5) is 0. The highest BCUT2D eigenvalue weighted by atomic mass is 14.1. The molecule has 0 bridgehead atoms. The molecule has 2 aliphatic rings. The molecule has 4 rings (SSSR count). The molecular weight excluding hydrogens is 216 g/mol. The van der Waals surface area contributed by atoms with E-state index in [0.717, 1.165) is 6.42 Å². The monoisotopic (exact) mass is 232 g/mol. The van der Waals surface area contributed by atoms with Crippen LogP contribution in [-0.4, -0.2) is 0 Å². The molecule has 0 amide bonds. The Labute approximate surface area is 107 Å². The maximum atomic E-state index is 2.39. The lowest BCUT2D eigenvalue weighted by atomic mass is 9.90. The molecule has 2 aromatic rings. The lowest BCUT2D eigenvalue weighted by Crippen LogP contribution is -2.15. The number of aryl methyl sites for hydroxylation is 1. The van der Waals surface area contributed by atoms with Crippen molar-refractivity contribution in [3.8, 4) is 0 Å². The van der Waals surface area contributed by atoms with Crippen molar-refractivity contribution in [3.63, 3.8) is 0 Å². The Kier molecular flexibility index (Phi) is 2.16. The number of hydrogen-bond acceptors (Lipinski definition) is 0. The van der Waals surface area contributed by atoms with Gasteiger partial charge < -0.3 is 0 Å². The van der Waals surface area contributed by atoms with E-state index in [1.807, 2.05) is 0 Å². The van der Waals surface area contributed by atoms with Gasteiger partial charge >= 0.3 is 0 Å². The molecule has 0 fully saturated rings. The minimum Gasteiger partial charge on any atom is -0.0801 e. The van der Waals surface area contributed by atoms with Gasteiger partial charge in [-0.05, 0) is 58.0 Å². The molecule has 0 radical (unpaired) electrons. The van der Waals surface area contributed by atoms with Gasteiger partial charge in [-0.1, -0.05) is 48.6 Å². The molecule has 18 heavy (non-hydrogen) atoms. The van der Waals surface area contributed by atoms with Gasteiger partial charge in [0, 0.05) is 0 Å². The normalized spacial score (nSPS) is 16.7. The maximum absolute atomic E-state index is 2.39. The van der Waals surface area contributed by atoms with E-state index in [4.69, 9.17) is 0 Å². The third-order valence-electron chi connectivity index (χ3n) is 4.18. The molecule has 0 aromatic heterocycles. The molecule has 88 valence electrons. The van der Waals surface area contributed by atoms with Crippen LogP contribution < -0.4 is 10.4 Å². The number of benzene rings is 2. The van der Waals surface area contributed by atoms with Crippen LogP contribution in [-0.2, 0) is 6.42 Å². The third-order valence-corrected chi connectivity index (χ3v) is 4.18. The zero-order valence-corrected chi connectivity index (χ0v) is 10.4. The van der Waals surface area contributed by atoms with Gasteiger partial charge in [0.25, 0.3) is 0 Å². The molecule has 0 atom stereocenters. The van der Waals surface area contributed by atoms with Gasteiger partial charge in [0.05, 0.1) is 0 Å². The second kappa shape index (κ2) is 3.84. The highest BCUT2D eigenvalue weighted by Gasteiger charge is 2.09. The molecule has 0 aliphatic heterocycles. The largest absolute Gasteiger partial charge is 0.0801 e. The summed E-state index contributed by atoms with van der Waals surface area (Å²) < 4.78 is 0. The Morgan fingerprint density at radius 1 is 0.833 bits per heavy atom. The van der Waals surface area contributed by atoms with Crippen LogP contribution in [0.3, 0.4) is 0 Å². The molecule has 0 saturated carbocycles. The van der Waals surface area contributed by atoms with Gasteiger partial charge in [-0.3, -0.25) is 0 Å². The SMILES string of the molecule is C1=Cc2c(ccc3c4c(ccc23)=CCCC4)=CC1. The number of hydrogen-bond donors (Lipinski definition) is 0. The summed E-state index contributed by atoms with van der Waals surface area (Å²) in [5.41, 5.74) is 2.97. The predicted molar refractivity (Wildman–Crippen MR) is 78.7 cm³/mol. The summed E-state index contributed by atoms with van der Waals surface area (Å²) in [7, 11) is 0. The Morgan fingerprint density at radius 2 is 1.72 bits per heavy atom. The van der Waals surface area contributed by atoms with Crippen molar-refractivity contribution >= 4 is 29.0 Å². The Hall–Kier alpha value is -1.82. The Morgan fingerprint density at radius 3 is 2.72 bits per heavy atom. The molecule has 2 aliphatic carbocycles. The van der Waals surface area contributed by atoms with Crippen LogP contribution >= 0.6 is 0 Å². The van der Waals surface area contributed by atoms with E-state index in [9.17, 15) is 0 Å². The topological polar surface area (TPSA) is 0 Å². The van der Waals surface area contributed by atoms with Crippen molar-refractivity contribution in [2.75, 3.05) is 0 Å². The third kappa shape index (κ3) is 1.38. The van der Waals surface area contributed by atoms with E-state index in [2.05, 4.69) is 48.6 Å². The number of allylic oxidation sites excluding steroid dienone is 1. The van der Waals surface area contributed by atoms with E-state index < -0.39 is 0 Å². The summed E-state index contributed by atoms with van der Waals surface area (Å²) in [5.74, 6) is 0. The fourth-order valence-electron chi connectivity index (χ4n) is 3.28. The summed E-state index contributed by atoms with van der Waals surface area (Å²) in [5, 5.41) is 5.73. The summed E-state index contributed by atoms with van der Waals surface area (Å²) >= 11 is 0. The van der Waals surface area contributed by atoms with Gasteiger partial charge in [0.1, 0.15) is 0 Å². The quantitative estimate of drug-likeness (QED) is 0.654. The molecule has 0 heteroatoms. The van der Waals surface area contributed by atoms with Crippen molar-refractivity contribution in [2.45, 2.75) is 25.7 Å². The van der Waals surface area contributed by atoms with Gasteiger partial charge in [0.15, 0.2) is 0 Å². The average molecular weight is 232 g/mol. The van der Waals surface area contributed by atoms with Crippen LogP contribution in [0, 0.1) is 0 Å². The first kappa shape index (κ1) is 10.1. The zero-order valence-electron chi connectivity index (χ0n) is 10.4. The fourth-order valence-corrected chi connectivity index (χ4v) is 3.28. The minimum absolute atomic E-state index is 1.07. The average Bonchev–Trinajstić information content (AvgIpc) is 2.46. The van der Waals surface area contributed by atoms with E-state index in [1.54, 1.807) is 5.56 Å². The first-order valence-corrected chi connectivity index (χ1v) is 6.85. The van der Waals surface area contributed by atoms with E-state index in [1.165, 1.54) is 46.0 Å². The lowest BCUT2D eigenvalue weighted by molar-refractivity contribution is 0.843. The van der Waals surface area contributed by atoms with Crippen LogP contribution in [0.2, 0.25) is 0 Å². The standard InChI is InChI=1S/C18H16/c1-3-7-15-13(5-1)9-11-18-16-8-4-2-6-14(16)10-12-17(15)18/h3,5-7,9-12H,1-2,4,8H2. The van der Waals surface area contributed by atoms with Crippen LogP contribution in [0.4, 0.5) is 0 Å². The second-order valence-corrected chi connectivity index (χ2v) is 5.24. The van der Waals surface area contributed by atoms with Crippen molar-refractivity contribution in [2.24, 2.45) is 0 Å². The first-order chi connectivity index (χ1) is 8.93. The molecule has 0 N–H and O–H groups in total. The molecular formula is C18H16. The number of rotatable bonds is 0. The summed E-state index contributed by atoms with van der Waals surface area (Å²) in [6.07, 6.45) is 14.1. The zero-order chi connectivity index (χ0) is 11.9. The Bertz CT molecular complexity index is 776. The Balaban J connectivity index is 2.18. The minimum atomic E-state index is 1.07. The summed E-state index contributed by atoms with van der Waals surface area (Å²) in [6, 6.07) is 9.22. The van der Waals surface area contributed by atoms with Gasteiger partial charge in [-0.15, -0.1) is 0 Å². The van der Waals surface area contributed by atoms with Crippen LogP contribution in [0.25, 0.3) is 29.0 Å². The highest BCUT2D eigenvalue weighted by Crippen LogP contribution is 2.23. The molecule has 0 unspecified atom stereocenters. The predicted octanol–water partition coefficient (Wildman–Crippen LogP) is 3.15. The lowest BCUT2D eigenvalue weighted by Gasteiger charge is -2.14. The maximum Gasteiger partial charge on any atom is -0.0102 e. The van der Waals surface area contributed by atoms with Crippen molar-refractivity contribution < 1.29 is 0 Å². The van der Waals surface area contributed by atoms with Crippen molar-refractivity contribution in [1.82, 2.24) is 0 Å². The van der Waals surface area contributed by atoms with Crippen LogP contribution in [0.5, 0.6) is 0 Å². The molecule has 0 heterocycles. The first-order valence-electron chi connectivity index (χ1n) is 6.85. The molecule has 0 saturated heterocycles. The second-order valence-electron chi connectivity index (χ2n) is 5.24. The fraction of sp³-hybridized carbons (Fsp3) is 0.222. The highest BCUT2D eigenvalue weighted by molar-refractivity contribution is 5.94. The van der Waals surface area contributed by atoms with Gasteiger partial charge in [-0.2, -0.15) is 0 Å². The van der Waals surface area contributed by atoms with E-state index in [0.29, 0.717) is 0 Å². The smallest absolute Gasteiger partial charge is 0.0102 e. The molecule has 0 nitrogen and oxygen atoms in total. The van der Waals surface area contributed by atoms with Crippen molar-refractivity contribution in [3.05, 3.63) is 51.9 Å². The van der Waals surface area contributed by atoms with E-state index >= 15 is 0 Å². The van der Waals surface area contributed by atoms with Crippen molar-refractivity contribution in [1.29, 1.82) is 0 Å². The van der Waals surface area contributed by atoms with Crippen LogP contribution in [0.15, 0.2) is 30.3 Å². The van der Waals surface area contributed by atoms with Gasteiger partial charge in [-0.25, -0.2) is 0 Å². The number of fused-ring (bicyclic) bond motifs is 5. The van der Waals surface area contributed by atoms with E-state index in [-0.39, 0.29) is 0 Å². The van der Waals surface area contributed by atoms with Crippen LogP contribution in [0.1, 0.15) is 30.4 Å². The summed E-state index contributed by atoms with van der Waals surface area (Å²) in [6.45, 7) is 0.